The zero-order valence-electron chi connectivity index (χ0n) is 13.0. The van der Waals surface area contributed by atoms with Crippen molar-refractivity contribution in [3.63, 3.8) is 0 Å². The van der Waals surface area contributed by atoms with E-state index in [9.17, 15) is 0 Å². The molecule has 0 radical (unpaired) electrons. The van der Waals surface area contributed by atoms with Crippen molar-refractivity contribution < 1.29 is 13.7 Å². The van der Waals surface area contributed by atoms with E-state index in [4.69, 9.17) is 4.74 Å². The van der Waals surface area contributed by atoms with Gasteiger partial charge in [0.2, 0.25) is 0 Å². The molecule has 0 fully saturated rings. The lowest BCUT2D eigenvalue weighted by atomic mass is 10.3. The van der Waals surface area contributed by atoms with Gasteiger partial charge in [0.25, 0.3) is 0 Å². The normalized spacial score (nSPS) is 13.1. The smallest absolute Gasteiger partial charge is 0.188 e. The van der Waals surface area contributed by atoms with Crippen LogP contribution in [-0.4, -0.2) is 63.7 Å². The predicted octanol–water partition coefficient (Wildman–Crippen LogP) is 2.67. The van der Waals surface area contributed by atoms with Crippen LogP contribution in [0.4, 0.5) is 0 Å². The van der Waals surface area contributed by atoms with Crippen LogP contribution in [0.15, 0.2) is 0 Å². The van der Waals surface area contributed by atoms with Crippen molar-refractivity contribution in [3.05, 3.63) is 0 Å². The summed E-state index contributed by atoms with van der Waals surface area (Å²) in [4.78, 5) is 0. The van der Waals surface area contributed by atoms with Gasteiger partial charge in [-0.1, -0.05) is 26.7 Å². The summed E-state index contributed by atoms with van der Waals surface area (Å²) < 4.78 is 7.85. The molecule has 3 heteroatoms. The van der Waals surface area contributed by atoms with E-state index in [1.165, 1.54) is 38.8 Å². The number of rotatable bonds is 10. The number of unbranched alkanes of at least 4 members (excludes halogenated alkanes) is 2. The van der Waals surface area contributed by atoms with Gasteiger partial charge in [-0.3, -0.25) is 4.74 Å². The van der Waals surface area contributed by atoms with Crippen molar-refractivity contribution in [1.82, 2.24) is 0 Å². The molecule has 0 heterocycles. The lowest BCUT2D eigenvalue weighted by Crippen LogP contribution is -2.47. The maximum atomic E-state index is 5.90. The zero-order valence-corrected chi connectivity index (χ0v) is 13.0. The highest BCUT2D eigenvalue weighted by molar-refractivity contribution is 4.33. The Morgan fingerprint density at radius 1 is 0.706 bits per heavy atom. The van der Waals surface area contributed by atoms with Crippen LogP contribution in [0, 0.1) is 0 Å². The molecule has 0 bridgehead atoms. The van der Waals surface area contributed by atoms with Gasteiger partial charge in [-0.15, -0.1) is 0 Å². The fourth-order valence-corrected chi connectivity index (χ4v) is 1.84. The molecule has 0 atom stereocenters. The third-order valence-corrected chi connectivity index (χ3v) is 3.12. The Morgan fingerprint density at radius 3 is 1.35 bits per heavy atom. The summed E-state index contributed by atoms with van der Waals surface area (Å²) in [5.74, 6) is 0. The van der Waals surface area contributed by atoms with Crippen LogP contribution in [-0.2, 0) is 4.74 Å². The molecule has 0 aliphatic rings. The van der Waals surface area contributed by atoms with Crippen LogP contribution in [0.5, 0.6) is 0 Å². The fourth-order valence-electron chi connectivity index (χ4n) is 1.84. The molecule has 0 aromatic rings. The zero-order chi connectivity index (χ0) is 13.4. The van der Waals surface area contributed by atoms with E-state index in [1.54, 1.807) is 0 Å². The third-order valence-electron chi connectivity index (χ3n) is 3.12. The van der Waals surface area contributed by atoms with Crippen LogP contribution in [0.3, 0.4) is 0 Å². The molecular weight excluding hydrogens is 212 g/mol. The molecule has 0 saturated heterocycles. The molecule has 0 amide bonds. The second kappa shape index (κ2) is 8.06. The minimum Gasteiger partial charge on any atom is -0.306 e. The van der Waals surface area contributed by atoms with Crippen LogP contribution in [0.2, 0.25) is 0 Å². The predicted molar refractivity (Wildman–Crippen MR) is 74.6 cm³/mol. The van der Waals surface area contributed by atoms with E-state index in [1.807, 2.05) is 0 Å². The number of hydrogen-bond acceptors (Lipinski definition) is 1. The average Bonchev–Trinajstić information content (AvgIpc) is 2.23. The number of hydrogen-bond donors (Lipinski definition) is 0. The van der Waals surface area contributed by atoms with E-state index in [-0.39, 0.29) is 0 Å². The summed E-state index contributed by atoms with van der Waals surface area (Å²) in [6.07, 6.45) is 5.09. The molecule has 0 unspecified atom stereocenters. The first kappa shape index (κ1) is 16.9. The topological polar surface area (TPSA) is 9.23 Å². The van der Waals surface area contributed by atoms with Gasteiger partial charge in [0.05, 0.1) is 41.3 Å². The van der Waals surface area contributed by atoms with Crippen molar-refractivity contribution in [2.75, 3.05) is 54.7 Å². The maximum Gasteiger partial charge on any atom is 0.188 e. The van der Waals surface area contributed by atoms with Gasteiger partial charge < -0.3 is 8.97 Å². The highest BCUT2D eigenvalue weighted by Gasteiger charge is 2.19. The second-order valence-electron chi connectivity index (χ2n) is 6.49. The summed E-state index contributed by atoms with van der Waals surface area (Å²) in [7, 11) is 9.01. The van der Waals surface area contributed by atoms with Crippen molar-refractivity contribution in [2.24, 2.45) is 0 Å². The van der Waals surface area contributed by atoms with Gasteiger partial charge in [0, 0.05) is 0 Å². The minimum atomic E-state index is 0.827. The SMILES string of the molecule is CCCC[N+](C)(C)COC[N+](C)(C)CCCC. The standard InChI is InChI=1S/C14H34N2O/c1-7-9-11-15(3,4)13-17-14-16(5,6)12-10-8-2/h7-14H2,1-6H3/q+2. The Morgan fingerprint density at radius 2 is 1.06 bits per heavy atom. The molecule has 3 nitrogen and oxygen atoms in total. The highest BCUT2D eigenvalue weighted by Crippen LogP contribution is 2.05. The van der Waals surface area contributed by atoms with Crippen molar-refractivity contribution in [2.45, 2.75) is 39.5 Å². The number of nitrogens with zero attached hydrogens (tertiary/aromatic N) is 2. The Labute approximate surface area is 109 Å². The lowest BCUT2D eigenvalue weighted by Gasteiger charge is -2.33. The second-order valence-corrected chi connectivity index (χ2v) is 6.49. The van der Waals surface area contributed by atoms with Crippen LogP contribution < -0.4 is 0 Å². The molecule has 0 aromatic carbocycles. The summed E-state index contributed by atoms with van der Waals surface area (Å²) in [6, 6.07) is 0. The first-order chi connectivity index (χ1) is 7.83. The molecule has 0 aromatic heterocycles. The van der Waals surface area contributed by atoms with Crippen molar-refractivity contribution >= 4 is 0 Å². The van der Waals surface area contributed by atoms with Crippen LogP contribution >= 0.6 is 0 Å². The van der Waals surface area contributed by atoms with Gasteiger partial charge in [-0.2, -0.15) is 0 Å². The van der Waals surface area contributed by atoms with E-state index in [2.05, 4.69) is 42.0 Å². The van der Waals surface area contributed by atoms with Crippen molar-refractivity contribution in [3.8, 4) is 0 Å². The average molecular weight is 246 g/mol. The van der Waals surface area contributed by atoms with E-state index in [0.717, 1.165) is 22.4 Å². The van der Waals surface area contributed by atoms with Gasteiger partial charge >= 0.3 is 0 Å². The molecule has 0 aliphatic carbocycles. The maximum absolute atomic E-state index is 5.90. The fraction of sp³-hybridized carbons (Fsp3) is 1.00. The molecule has 0 N–H and O–H groups in total. The summed E-state index contributed by atoms with van der Waals surface area (Å²) in [5.41, 5.74) is 0. The Bertz CT molecular complexity index is 171. The molecule has 0 aliphatic heterocycles. The summed E-state index contributed by atoms with van der Waals surface area (Å²) in [5, 5.41) is 0. The largest absolute Gasteiger partial charge is 0.306 e. The first-order valence-corrected chi connectivity index (χ1v) is 7.05. The number of ether oxygens (including phenoxy) is 1. The Balaban J connectivity index is 3.80. The lowest BCUT2D eigenvalue weighted by molar-refractivity contribution is -0.944. The Hall–Kier alpha value is -0.120. The first-order valence-electron chi connectivity index (χ1n) is 7.05. The Kier molecular flexibility index (Phi) is 8.01. The quantitative estimate of drug-likeness (QED) is 0.425. The summed E-state index contributed by atoms with van der Waals surface area (Å²) >= 11 is 0. The highest BCUT2D eigenvalue weighted by atomic mass is 16.5. The molecule has 0 rings (SSSR count). The third kappa shape index (κ3) is 9.57. The van der Waals surface area contributed by atoms with Crippen LogP contribution in [0.1, 0.15) is 39.5 Å². The molecule has 0 saturated carbocycles. The van der Waals surface area contributed by atoms with E-state index >= 15 is 0 Å². The molecule has 104 valence electrons. The van der Waals surface area contributed by atoms with E-state index < -0.39 is 0 Å². The van der Waals surface area contributed by atoms with Crippen LogP contribution in [0.25, 0.3) is 0 Å². The van der Waals surface area contributed by atoms with Gasteiger partial charge in [0.15, 0.2) is 13.5 Å². The molecule has 17 heavy (non-hydrogen) atoms. The minimum absolute atomic E-state index is 0.827. The summed E-state index contributed by atoms with van der Waals surface area (Å²) in [6.45, 7) is 8.55. The van der Waals surface area contributed by atoms with E-state index in [0.29, 0.717) is 0 Å². The monoisotopic (exact) mass is 246 g/mol. The van der Waals surface area contributed by atoms with Gasteiger partial charge in [-0.25, -0.2) is 0 Å². The molecular formula is C14H34N2O+2. The van der Waals surface area contributed by atoms with Gasteiger partial charge in [0.1, 0.15) is 0 Å². The number of quaternary nitrogens is 2. The van der Waals surface area contributed by atoms with Crippen molar-refractivity contribution in [1.29, 1.82) is 0 Å². The molecule has 0 spiro atoms. The van der Waals surface area contributed by atoms with Gasteiger partial charge in [-0.05, 0) is 12.8 Å².